The van der Waals surface area contributed by atoms with Gasteiger partial charge in [-0.05, 0) is 41.4 Å². The minimum absolute atomic E-state index is 0.189. The second-order valence-electron chi connectivity index (χ2n) is 4.36. The van der Waals surface area contributed by atoms with Crippen molar-refractivity contribution >= 4 is 38.4 Å². The molecule has 5 heteroatoms. The van der Waals surface area contributed by atoms with Crippen LogP contribution in [0.3, 0.4) is 0 Å². The summed E-state index contributed by atoms with van der Waals surface area (Å²) in [5, 5.41) is 0.406. The molecule has 3 aromatic rings. The van der Waals surface area contributed by atoms with E-state index < -0.39 is 5.24 Å². The molecule has 0 spiro atoms. The summed E-state index contributed by atoms with van der Waals surface area (Å²) in [6.07, 6.45) is 0.189. The monoisotopic (exact) mass is 305 g/mol. The van der Waals surface area contributed by atoms with Gasteiger partial charge >= 0.3 is 0 Å². The zero-order valence-corrected chi connectivity index (χ0v) is 11.8. The van der Waals surface area contributed by atoms with Gasteiger partial charge in [-0.25, -0.2) is 9.37 Å². The Balaban J connectivity index is 2.03. The van der Waals surface area contributed by atoms with Gasteiger partial charge in [-0.2, -0.15) is 0 Å². The average molecular weight is 306 g/mol. The largest absolute Gasteiger partial charge is 0.281 e. The second kappa shape index (κ2) is 5.31. The van der Waals surface area contributed by atoms with Gasteiger partial charge in [-0.15, -0.1) is 11.3 Å². The fraction of sp³-hybridized carbons (Fsp3) is 0.0667. The first kappa shape index (κ1) is 13.2. The van der Waals surface area contributed by atoms with Crippen molar-refractivity contribution in [2.24, 2.45) is 0 Å². The van der Waals surface area contributed by atoms with Crippen LogP contribution in [-0.4, -0.2) is 10.2 Å². The van der Waals surface area contributed by atoms with E-state index in [1.165, 1.54) is 23.5 Å². The smallest absolute Gasteiger partial charge is 0.226 e. The van der Waals surface area contributed by atoms with Gasteiger partial charge in [0.2, 0.25) is 5.24 Å². The minimum Gasteiger partial charge on any atom is -0.281 e. The highest BCUT2D eigenvalue weighted by Crippen LogP contribution is 2.31. The van der Waals surface area contributed by atoms with E-state index in [2.05, 4.69) is 4.98 Å². The molecule has 100 valence electrons. The van der Waals surface area contributed by atoms with Crippen LogP contribution in [0.15, 0.2) is 42.5 Å². The highest BCUT2D eigenvalue weighted by atomic mass is 35.5. The van der Waals surface area contributed by atoms with Crippen molar-refractivity contribution in [2.75, 3.05) is 0 Å². The summed E-state index contributed by atoms with van der Waals surface area (Å²) in [6.45, 7) is 0. The SMILES string of the molecule is O=C(Cl)Cc1cccc(-c2nc3ccc(F)cc3s2)c1. The Hall–Kier alpha value is -1.78. The average Bonchev–Trinajstić information content (AvgIpc) is 2.81. The molecular weight excluding hydrogens is 297 g/mol. The van der Waals surface area contributed by atoms with Crippen molar-refractivity contribution in [2.45, 2.75) is 6.42 Å². The Labute approximate surface area is 123 Å². The lowest BCUT2D eigenvalue weighted by molar-refractivity contribution is -0.111. The van der Waals surface area contributed by atoms with Crippen LogP contribution in [0.5, 0.6) is 0 Å². The van der Waals surface area contributed by atoms with E-state index in [1.807, 2.05) is 24.3 Å². The van der Waals surface area contributed by atoms with Crippen molar-refractivity contribution < 1.29 is 9.18 Å². The van der Waals surface area contributed by atoms with E-state index in [1.54, 1.807) is 6.07 Å². The van der Waals surface area contributed by atoms with Gasteiger partial charge in [-0.1, -0.05) is 18.2 Å². The van der Waals surface area contributed by atoms with Crippen LogP contribution in [0.2, 0.25) is 0 Å². The van der Waals surface area contributed by atoms with Crippen LogP contribution in [0, 0.1) is 5.82 Å². The Morgan fingerprint density at radius 1 is 1.25 bits per heavy atom. The van der Waals surface area contributed by atoms with Crippen LogP contribution in [0.25, 0.3) is 20.8 Å². The summed E-state index contributed by atoms with van der Waals surface area (Å²) in [4.78, 5) is 15.4. The summed E-state index contributed by atoms with van der Waals surface area (Å²) >= 11 is 6.82. The van der Waals surface area contributed by atoms with E-state index in [0.717, 1.165) is 26.4 Å². The van der Waals surface area contributed by atoms with E-state index >= 15 is 0 Å². The van der Waals surface area contributed by atoms with E-state index in [4.69, 9.17) is 11.6 Å². The van der Waals surface area contributed by atoms with Gasteiger partial charge in [0.05, 0.1) is 10.2 Å². The zero-order valence-electron chi connectivity index (χ0n) is 10.3. The van der Waals surface area contributed by atoms with Gasteiger partial charge in [0.1, 0.15) is 10.8 Å². The summed E-state index contributed by atoms with van der Waals surface area (Å²) in [5.74, 6) is -0.269. The Morgan fingerprint density at radius 2 is 2.10 bits per heavy atom. The van der Waals surface area contributed by atoms with Gasteiger partial charge in [-0.3, -0.25) is 4.79 Å². The number of thiazole rings is 1. The topological polar surface area (TPSA) is 30.0 Å². The molecule has 2 aromatic carbocycles. The second-order valence-corrected chi connectivity index (χ2v) is 5.82. The van der Waals surface area contributed by atoms with E-state index in [9.17, 15) is 9.18 Å². The lowest BCUT2D eigenvalue weighted by atomic mass is 10.1. The van der Waals surface area contributed by atoms with Crippen LogP contribution in [0.1, 0.15) is 5.56 Å². The highest BCUT2D eigenvalue weighted by Gasteiger charge is 2.08. The summed E-state index contributed by atoms with van der Waals surface area (Å²) < 4.78 is 14.0. The number of fused-ring (bicyclic) bond motifs is 1. The molecule has 3 rings (SSSR count). The maximum atomic E-state index is 13.2. The highest BCUT2D eigenvalue weighted by molar-refractivity contribution is 7.21. The molecule has 0 saturated carbocycles. The van der Waals surface area contributed by atoms with Gasteiger partial charge in [0, 0.05) is 12.0 Å². The number of carbonyl (C=O) groups excluding carboxylic acids is 1. The van der Waals surface area contributed by atoms with Crippen LogP contribution in [0.4, 0.5) is 4.39 Å². The number of hydrogen-bond acceptors (Lipinski definition) is 3. The molecule has 0 amide bonds. The first-order chi connectivity index (χ1) is 9.61. The molecule has 0 aliphatic carbocycles. The number of carbonyl (C=O) groups is 1. The number of benzene rings is 2. The molecule has 0 bridgehead atoms. The predicted octanol–water partition coefficient (Wildman–Crippen LogP) is 4.41. The van der Waals surface area contributed by atoms with Gasteiger partial charge < -0.3 is 0 Å². The molecule has 0 atom stereocenters. The molecule has 0 aliphatic heterocycles. The van der Waals surface area contributed by atoms with E-state index in [0.29, 0.717) is 0 Å². The van der Waals surface area contributed by atoms with Crippen molar-refractivity contribution in [3.63, 3.8) is 0 Å². The third-order valence-corrected chi connectivity index (χ3v) is 4.07. The van der Waals surface area contributed by atoms with Crippen LogP contribution >= 0.6 is 22.9 Å². The molecule has 0 aliphatic rings. The molecule has 0 unspecified atom stereocenters. The molecule has 0 fully saturated rings. The number of aromatic nitrogens is 1. The summed E-state index contributed by atoms with van der Waals surface area (Å²) in [6, 6.07) is 12.0. The van der Waals surface area contributed by atoms with E-state index in [-0.39, 0.29) is 12.2 Å². The fourth-order valence-corrected chi connectivity index (χ4v) is 3.14. The Morgan fingerprint density at radius 3 is 2.90 bits per heavy atom. The standard InChI is InChI=1S/C15H9ClFNOS/c16-14(19)7-9-2-1-3-10(6-9)15-18-12-5-4-11(17)8-13(12)20-15/h1-6,8H,7H2. The summed E-state index contributed by atoms with van der Waals surface area (Å²) in [5.41, 5.74) is 2.51. The predicted molar refractivity (Wildman–Crippen MR) is 79.6 cm³/mol. The van der Waals surface area contributed by atoms with Gasteiger partial charge in [0.25, 0.3) is 0 Å². The number of nitrogens with zero attached hydrogens (tertiary/aromatic N) is 1. The quantitative estimate of drug-likeness (QED) is 0.671. The first-order valence-electron chi connectivity index (χ1n) is 5.95. The molecule has 1 aromatic heterocycles. The lowest BCUT2D eigenvalue weighted by Gasteiger charge is -2.00. The number of rotatable bonds is 3. The molecule has 2 nitrogen and oxygen atoms in total. The van der Waals surface area contributed by atoms with Crippen molar-refractivity contribution in [1.29, 1.82) is 0 Å². The normalized spacial score (nSPS) is 10.9. The van der Waals surface area contributed by atoms with Crippen molar-refractivity contribution in [3.05, 3.63) is 53.8 Å². The zero-order chi connectivity index (χ0) is 14.1. The maximum Gasteiger partial charge on any atom is 0.226 e. The fourth-order valence-electron chi connectivity index (χ4n) is 2.00. The van der Waals surface area contributed by atoms with Crippen molar-refractivity contribution in [1.82, 2.24) is 4.98 Å². The Kier molecular flexibility index (Phi) is 3.51. The van der Waals surface area contributed by atoms with Gasteiger partial charge in [0.15, 0.2) is 0 Å². The minimum atomic E-state index is -0.395. The number of halogens is 2. The maximum absolute atomic E-state index is 13.2. The third-order valence-electron chi connectivity index (χ3n) is 2.87. The van der Waals surface area contributed by atoms with Crippen LogP contribution < -0.4 is 0 Å². The summed E-state index contributed by atoms with van der Waals surface area (Å²) in [7, 11) is 0. The molecule has 20 heavy (non-hydrogen) atoms. The molecule has 0 N–H and O–H groups in total. The Bertz CT molecular complexity index is 799. The van der Waals surface area contributed by atoms with Crippen molar-refractivity contribution in [3.8, 4) is 10.6 Å². The number of hydrogen-bond donors (Lipinski definition) is 0. The molecule has 0 radical (unpaired) electrons. The first-order valence-corrected chi connectivity index (χ1v) is 7.15. The third kappa shape index (κ3) is 2.71. The molecule has 0 saturated heterocycles. The van der Waals surface area contributed by atoms with Crippen LogP contribution in [-0.2, 0) is 11.2 Å². The lowest BCUT2D eigenvalue weighted by Crippen LogP contribution is -1.93. The molecular formula is C15H9ClFNOS. The molecule has 1 heterocycles.